The van der Waals surface area contributed by atoms with Crippen LogP contribution in [0.5, 0.6) is 5.75 Å². The van der Waals surface area contributed by atoms with Gasteiger partial charge in [-0.05, 0) is 30.9 Å². The number of Topliss-reactive ketones (excluding diaryl/α,β-unsaturated/α-hetero) is 1. The highest BCUT2D eigenvalue weighted by molar-refractivity contribution is 8.00. The summed E-state index contributed by atoms with van der Waals surface area (Å²) in [6, 6.07) is 3.69. The molecule has 0 saturated heterocycles. The molecule has 0 bridgehead atoms. The van der Waals surface area contributed by atoms with Crippen molar-refractivity contribution in [1.29, 1.82) is 0 Å². The zero-order valence-corrected chi connectivity index (χ0v) is 13.5. The number of aromatic hydroxyl groups is 1. The predicted octanol–water partition coefficient (Wildman–Crippen LogP) is 4.87. The first-order valence-electron chi connectivity index (χ1n) is 6.10. The topological polar surface area (TPSA) is 37.3 Å². The Labute approximate surface area is 121 Å². The Bertz CT molecular complexity index is 648. The molecule has 4 heteroatoms. The summed E-state index contributed by atoms with van der Waals surface area (Å²) < 4.78 is 1.13. The fourth-order valence-electron chi connectivity index (χ4n) is 1.92. The Balaban J connectivity index is 2.76. The minimum atomic E-state index is -0.409. The quantitative estimate of drug-likeness (QED) is 0.634. The number of rotatable bonds is 2. The Kier molecular flexibility index (Phi) is 3.67. The number of aryl methyl sites for hydroxylation is 1. The first-order chi connectivity index (χ1) is 8.75. The van der Waals surface area contributed by atoms with E-state index in [1.54, 1.807) is 17.8 Å². The molecule has 1 aromatic heterocycles. The zero-order chi connectivity index (χ0) is 14.4. The highest BCUT2D eigenvalue weighted by Gasteiger charge is 2.27. The molecule has 0 aliphatic carbocycles. The minimum absolute atomic E-state index is 0.131. The van der Waals surface area contributed by atoms with Crippen LogP contribution in [0.15, 0.2) is 16.3 Å². The van der Waals surface area contributed by atoms with Crippen LogP contribution in [-0.4, -0.2) is 17.1 Å². The summed E-state index contributed by atoms with van der Waals surface area (Å²) in [5, 5.41) is 11.8. The predicted molar refractivity (Wildman–Crippen MR) is 83.8 cm³/mol. The highest BCUT2D eigenvalue weighted by Crippen LogP contribution is 2.42. The van der Waals surface area contributed by atoms with Crippen molar-refractivity contribution in [2.24, 2.45) is 5.41 Å². The smallest absolute Gasteiger partial charge is 0.178 e. The summed E-state index contributed by atoms with van der Waals surface area (Å²) in [4.78, 5) is 13.3. The van der Waals surface area contributed by atoms with E-state index < -0.39 is 5.41 Å². The number of thioether (sulfide) groups is 1. The Morgan fingerprint density at radius 3 is 2.42 bits per heavy atom. The van der Waals surface area contributed by atoms with Crippen LogP contribution in [0.4, 0.5) is 0 Å². The number of benzene rings is 1. The number of hydrogen-bond acceptors (Lipinski definition) is 4. The molecule has 0 fully saturated rings. The molecule has 0 radical (unpaired) electrons. The van der Waals surface area contributed by atoms with Crippen molar-refractivity contribution in [3.05, 3.63) is 22.6 Å². The summed E-state index contributed by atoms with van der Waals surface area (Å²) in [6.07, 6.45) is 2.01. The van der Waals surface area contributed by atoms with Crippen molar-refractivity contribution in [3.8, 4) is 5.75 Å². The van der Waals surface area contributed by atoms with Gasteiger partial charge in [-0.3, -0.25) is 4.79 Å². The molecule has 19 heavy (non-hydrogen) atoms. The number of ketones is 1. The maximum absolute atomic E-state index is 12.5. The lowest BCUT2D eigenvalue weighted by molar-refractivity contribution is 0.0864. The maximum Gasteiger partial charge on any atom is 0.178 e. The minimum Gasteiger partial charge on any atom is -0.508 e. The maximum atomic E-state index is 12.5. The van der Waals surface area contributed by atoms with Crippen molar-refractivity contribution in [3.63, 3.8) is 0 Å². The molecule has 1 aromatic carbocycles. The van der Waals surface area contributed by atoms with Crippen LogP contribution < -0.4 is 0 Å². The van der Waals surface area contributed by atoms with E-state index >= 15 is 0 Å². The average molecular weight is 294 g/mol. The van der Waals surface area contributed by atoms with Crippen LogP contribution >= 0.6 is 23.1 Å². The van der Waals surface area contributed by atoms with Gasteiger partial charge in [0.2, 0.25) is 0 Å². The lowest BCUT2D eigenvalue weighted by Crippen LogP contribution is -2.19. The van der Waals surface area contributed by atoms with Crippen LogP contribution in [0.1, 0.15) is 36.0 Å². The van der Waals surface area contributed by atoms with Gasteiger partial charge in [-0.15, -0.1) is 23.1 Å². The van der Waals surface area contributed by atoms with Gasteiger partial charge < -0.3 is 5.11 Å². The van der Waals surface area contributed by atoms with Crippen molar-refractivity contribution < 1.29 is 9.90 Å². The molecule has 1 N–H and O–H groups in total. The van der Waals surface area contributed by atoms with Crippen molar-refractivity contribution in [2.45, 2.75) is 31.9 Å². The SMILES string of the molecule is CSc1sc(C(=O)C(C)(C)C)c2cc(O)c(C)cc12. The summed E-state index contributed by atoms with van der Waals surface area (Å²) in [6.45, 7) is 7.65. The normalized spacial score (nSPS) is 12.1. The summed E-state index contributed by atoms with van der Waals surface area (Å²) in [5.41, 5.74) is 0.434. The number of phenols is 1. The molecule has 0 aliphatic rings. The lowest BCUT2D eigenvalue weighted by atomic mass is 9.89. The van der Waals surface area contributed by atoms with Gasteiger partial charge in [-0.2, -0.15) is 0 Å². The molecule has 0 amide bonds. The third-order valence-corrected chi connectivity index (χ3v) is 5.42. The molecule has 0 aliphatic heterocycles. The molecule has 0 unspecified atom stereocenters. The molecule has 2 nitrogen and oxygen atoms in total. The molecule has 0 spiro atoms. The lowest BCUT2D eigenvalue weighted by Gasteiger charge is -2.15. The van der Waals surface area contributed by atoms with Gasteiger partial charge >= 0.3 is 0 Å². The summed E-state index contributed by atoms with van der Waals surface area (Å²) in [7, 11) is 0. The van der Waals surface area contributed by atoms with E-state index in [4.69, 9.17) is 0 Å². The van der Waals surface area contributed by atoms with Gasteiger partial charge in [0.05, 0.1) is 9.09 Å². The van der Waals surface area contributed by atoms with E-state index in [9.17, 15) is 9.90 Å². The molecule has 1 heterocycles. The van der Waals surface area contributed by atoms with Gasteiger partial charge in [0.15, 0.2) is 5.78 Å². The molecule has 2 aromatic rings. The van der Waals surface area contributed by atoms with Gasteiger partial charge in [-0.25, -0.2) is 0 Å². The first kappa shape index (κ1) is 14.4. The number of hydrogen-bond donors (Lipinski definition) is 1. The number of thiophene rings is 1. The van der Waals surface area contributed by atoms with E-state index in [2.05, 4.69) is 0 Å². The second-order valence-electron chi connectivity index (χ2n) is 5.69. The van der Waals surface area contributed by atoms with Crippen LogP contribution in [0.3, 0.4) is 0 Å². The van der Waals surface area contributed by atoms with Gasteiger partial charge in [0, 0.05) is 16.2 Å². The van der Waals surface area contributed by atoms with Crippen molar-refractivity contribution >= 4 is 39.7 Å². The fraction of sp³-hybridized carbons (Fsp3) is 0.400. The van der Waals surface area contributed by atoms with Gasteiger partial charge in [0.25, 0.3) is 0 Å². The number of phenolic OH excluding ortho intramolecular Hbond substituents is 1. The molecule has 0 atom stereocenters. The second-order valence-corrected chi connectivity index (χ2v) is 7.78. The second kappa shape index (κ2) is 4.84. The van der Waals surface area contributed by atoms with Crippen LogP contribution in [0, 0.1) is 12.3 Å². The van der Waals surface area contributed by atoms with Crippen LogP contribution in [-0.2, 0) is 0 Å². The highest BCUT2D eigenvalue weighted by atomic mass is 32.2. The zero-order valence-electron chi connectivity index (χ0n) is 11.8. The Hall–Kier alpha value is -1.00. The fourth-order valence-corrected chi connectivity index (χ4v) is 4.03. The van der Waals surface area contributed by atoms with Gasteiger partial charge in [0.1, 0.15) is 5.75 Å². The third-order valence-electron chi connectivity index (χ3n) is 3.07. The van der Waals surface area contributed by atoms with Crippen molar-refractivity contribution in [1.82, 2.24) is 0 Å². The van der Waals surface area contributed by atoms with E-state index in [0.29, 0.717) is 0 Å². The van der Waals surface area contributed by atoms with Crippen LogP contribution in [0.25, 0.3) is 10.8 Å². The Morgan fingerprint density at radius 2 is 1.89 bits per heavy atom. The van der Waals surface area contributed by atoms with Crippen LogP contribution in [0.2, 0.25) is 0 Å². The monoisotopic (exact) mass is 294 g/mol. The average Bonchev–Trinajstić information content (AvgIpc) is 2.65. The first-order valence-corrected chi connectivity index (χ1v) is 8.14. The third kappa shape index (κ3) is 2.51. The van der Waals surface area contributed by atoms with Gasteiger partial charge in [-0.1, -0.05) is 20.8 Å². The molecule has 0 saturated carbocycles. The van der Waals surface area contributed by atoms with Crippen molar-refractivity contribution in [2.75, 3.05) is 6.26 Å². The van der Waals surface area contributed by atoms with E-state index in [1.807, 2.05) is 40.0 Å². The summed E-state index contributed by atoms with van der Waals surface area (Å²) >= 11 is 3.17. The number of carbonyl (C=O) groups is 1. The molecule has 102 valence electrons. The van der Waals surface area contributed by atoms with E-state index in [1.165, 1.54) is 11.3 Å². The van der Waals surface area contributed by atoms with E-state index in [0.717, 1.165) is 25.4 Å². The number of fused-ring (bicyclic) bond motifs is 1. The molecule has 2 rings (SSSR count). The molecular weight excluding hydrogens is 276 g/mol. The Morgan fingerprint density at radius 1 is 1.26 bits per heavy atom. The standard InChI is InChI=1S/C15H18O2S2/c1-8-6-10-9(7-11(8)16)12(19-14(10)18-5)13(17)15(2,3)4/h6-7,16H,1-5H3. The largest absolute Gasteiger partial charge is 0.508 e. The number of carbonyl (C=O) groups excluding carboxylic acids is 1. The summed E-state index contributed by atoms with van der Waals surface area (Å²) in [5.74, 6) is 0.381. The molecular formula is C15H18O2S2. The van der Waals surface area contributed by atoms with E-state index in [-0.39, 0.29) is 11.5 Å².